The molecule has 0 bridgehead atoms. The predicted octanol–water partition coefficient (Wildman–Crippen LogP) is 10.4. The molecule has 1 amide bonds. The molecular weight excluding hydrogens is 836 g/mol. The molecule has 0 unspecified atom stereocenters. The summed E-state index contributed by atoms with van der Waals surface area (Å²) < 4.78 is 10.8. The van der Waals surface area contributed by atoms with Crippen molar-refractivity contribution in [3.05, 3.63) is 121 Å². The molecule has 1 N–H and O–H groups in total. The van der Waals surface area contributed by atoms with Crippen molar-refractivity contribution in [2.45, 2.75) is 79.1 Å². The molecule has 65 heavy (non-hydrogen) atoms. The van der Waals surface area contributed by atoms with E-state index >= 15 is 0 Å². The summed E-state index contributed by atoms with van der Waals surface area (Å²) in [6.07, 6.45) is 14.9. The van der Waals surface area contributed by atoms with Crippen molar-refractivity contribution in [2.24, 2.45) is 10.8 Å². The Bertz CT molecular complexity index is 2500. The summed E-state index contributed by atoms with van der Waals surface area (Å²) in [5.41, 5.74) is 7.60. The second-order valence-electron chi connectivity index (χ2n) is 18.3. The van der Waals surface area contributed by atoms with Gasteiger partial charge in [-0.15, -0.1) is 0 Å². The molecule has 0 spiro atoms. The molecule has 12 nitrogen and oxygen atoms in total. The Labute approximate surface area is 388 Å². The van der Waals surface area contributed by atoms with Gasteiger partial charge >= 0.3 is 0 Å². The average molecular weight is 898 g/mol. The highest BCUT2D eigenvalue weighted by Crippen LogP contribution is 2.38. The maximum absolute atomic E-state index is 12.7. The molecular formula is C52H61ClN8O4. The van der Waals surface area contributed by atoms with Gasteiger partial charge in [-0.25, -0.2) is 19.9 Å². The smallest absolute Gasteiger partial charge is 0.227 e. The van der Waals surface area contributed by atoms with Gasteiger partial charge in [0, 0.05) is 95.2 Å². The third-order valence-corrected chi connectivity index (χ3v) is 12.0. The lowest BCUT2D eigenvalue weighted by Crippen LogP contribution is -2.43. The first kappa shape index (κ1) is 48.3. The van der Waals surface area contributed by atoms with Crippen molar-refractivity contribution >= 4 is 22.8 Å². The van der Waals surface area contributed by atoms with Crippen molar-refractivity contribution in [1.29, 1.82) is 0 Å². The Balaban J connectivity index is 0.000000191. The van der Waals surface area contributed by atoms with E-state index in [1.807, 2.05) is 92.7 Å². The van der Waals surface area contributed by atoms with E-state index in [9.17, 15) is 9.59 Å². The van der Waals surface area contributed by atoms with E-state index in [4.69, 9.17) is 31.0 Å². The zero-order valence-electron chi connectivity index (χ0n) is 38.8. The SMILES string of the molecule is CC(C)(C)C(=O)Cl.COc1cccc(-c2cnc(-c3ccncc3)nc2C2CCN(C(=O)C(C)(C)C)CC2)c1.COc1cccc(-c2cnc(-c3ccncc3)nc2C2CCNCC2)c1. The zero-order chi connectivity index (χ0) is 46.6. The van der Waals surface area contributed by atoms with Crippen LogP contribution in [0.3, 0.4) is 0 Å². The highest BCUT2D eigenvalue weighted by Gasteiger charge is 2.32. The number of amides is 1. The molecule has 340 valence electrons. The maximum atomic E-state index is 12.7. The normalized spacial score (nSPS) is 14.6. The average Bonchev–Trinajstić information content (AvgIpc) is 3.34. The third kappa shape index (κ3) is 13.0. The number of nitrogens with one attached hydrogen (secondary N) is 1. The molecule has 6 aromatic rings. The number of methoxy groups -OCH3 is 2. The van der Waals surface area contributed by atoms with Crippen molar-refractivity contribution in [3.63, 3.8) is 0 Å². The van der Waals surface area contributed by atoms with Crippen LogP contribution < -0.4 is 14.8 Å². The molecule has 0 radical (unpaired) electrons. The number of hydrogen-bond acceptors (Lipinski definition) is 11. The van der Waals surface area contributed by atoms with Gasteiger partial charge in [0.05, 0.1) is 25.6 Å². The van der Waals surface area contributed by atoms with Crippen molar-refractivity contribution in [1.82, 2.24) is 40.1 Å². The van der Waals surface area contributed by atoms with Crippen molar-refractivity contribution < 1.29 is 19.1 Å². The molecule has 2 saturated heterocycles. The first-order valence-electron chi connectivity index (χ1n) is 22.2. The first-order chi connectivity index (χ1) is 31.2. The van der Waals surface area contributed by atoms with E-state index in [0.29, 0.717) is 11.7 Å². The van der Waals surface area contributed by atoms with Gasteiger partial charge in [-0.05, 0) is 110 Å². The number of hydrogen-bond donors (Lipinski definition) is 1. The molecule has 2 aliphatic heterocycles. The highest BCUT2D eigenvalue weighted by molar-refractivity contribution is 6.64. The van der Waals surface area contributed by atoms with Gasteiger partial charge < -0.3 is 19.7 Å². The van der Waals surface area contributed by atoms with E-state index in [-0.39, 0.29) is 27.9 Å². The van der Waals surface area contributed by atoms with Gasteiger partial charge in [0.25, 0.3) is 0 Å². The molecule has 2 aromatic carbocycles. The fourth-order valence-corrected chi connectivity index (χ4v) is 7.64. The van der Waals surface area contributed by atoms with Crippen LogP contribution in [0.1, 0.15) is 90.4 Å². The van der Waals surface area contributed by atoms with Crippen LogP contribution in [0.4, 0.5) is 0 Å². The minimum absolute atomic E-state index is 0.212. The number of rotatable bonds is 8. The second-order valence-corrected chi connectivity index (χ2v) is 18.6. The van der Waals surface area contributed by atoms with E-state index in [0.717, 1.165) is 114 Å². The van der Waals surface area contributed by atoms with Gasteiger partial charge in [0.15, 0.2) is 11.6 Å². The second kappa shape index (κ2) is 22.2. The number of carbonyl (C=O) groups is 2. The number of aromatic nitrogens is 6. The largest absolute Gasteiger partial charge is 0.497 e. The summed E-state index contributed by atoms with van der Waals surface area (Å²) in [7, 11) is 3.36. The number of benzene rings is 2. The third-order valence-electron chi connectivity index (χ3n) is 11.4. The van der Waals surface area contributed by atoms with Crippen molar-refractivity contribution in [3.8, 4) is 56.5 Å². The Kier molecular flexibility index (Phi) is 16.5. The predicted molar refractivity (Wildman–Crippen MR) is 258 cm³/mol. The lowest BCUT2D eigenvalue weighted by molar-refractivity contribution is -0.140. The number of nitrogens with zero attached hydrogens (tertiary/aromatic N) is 7. The van der Waals surface area contributed by atoms with E-state index in [2.05, 4.69) is 43.5 Å². The number of carbonyl (C=O) groups excluding carboxylic acids is 2. The van der Waals surface area contributed by atoms with Gasteiger partial charge in [0.1, 0.15) is 11.5 Å². The van der Waals surface area contributed by atoms with Gasteiger partial charge in [-0.2, -0.15) is 0 Å². The van der Waals surface area contributed by atoms with Crippen LogP contribution in [0, 0.1) is 10.8 Å². The zero-order valence-corrected chi connectivity index (χ0v) is 39.6. The van der Waals surface area contributed by atoms with Crippen LogP contribution in [-0.4, -0.2) is 86.4 Å². The summed E-state index contributed by atoms with van der Waals surface area (Å²) in [6.45, 7) is 14.8. The number of pyridine rings is 2. The van der Waals surface area contributed by atoms with Crippen LogP contribution in [-0.2, 0) is 9.59 Å². The van der Waals surface area contributed by atoms with E-state index in [1.54, 1.807) is 59.8 Å². The quantitative estimate of drug-likeness (QED) is 0.146. The number of ether oxygens (including phenoxy) is 2. The Morgan fingerprint density at radius 2 is 1.03 bits per heavy atom. The Hall–Kier alpha value is -6.11. The number of piperidine rings is 2. The summed E-state index contributed by atoms with van der Waals surface area (Å²) in [5.74, 6) is 4.00. The van der Waals surface area contributed by atoms with Crippen LogP contribution in [0.25, 0.3) is 45.0 Å². The summed E-state index contributed by atoms with van der Waals surface area (Å²) >= 11 is 5.11. The summed E-state index contributed by atoms with van der Waals surface area (Å²) in [6, 6.07) is 23.9. The minimum Gasteiger partial charge on any atom is -0.497 e. The van der Waals surface area contributed by atoms with Gasteiger partial charge in [-0.1, -0.05) is 65.8 Å². The topological polar surface area (TPSA) is 145 Å². The van der Waals surface area contributed by atoms with Crippen LogP contribution in [0.15, 0.2) is 110 Å². The summed E-state index contributed by atoms with van der Waals surface area (Å²) in [4.78, 5) is 52.5. The summed E-state index contributed by atoms with van der Waals surface area (Å²) in [5, 5.41) is 3.15. The first-order valence-corrected chi connectivity index (χ1v) is 22.6. The molecule has 13 heteroatoms. The lowest BCUT2D eigenvalue weighted by atomic mass is 9.87. The molecule has 0 aliphatic carbocycles. The monoisotopic (exact) mass is 896 g/mol. The molecule has 4 aromatic heterocycles. The van der Waals surface area contributed by atoms with E-state index < -0.39 is 0 Å². The molecule has 8 rings (SSSR count). The Morgan fingerprint density at radius 3 is 1.42 bits per heavy atom. The minimum atomic E-state index is -0.373. The lowest BCUT2D eigenvalue weighted by Gasteiger charge is -2.36. The standard InChI is InChI=1S/C26H30N4O2.C21H22N4O.C5H9ClO/c1-26(2,3)25(31)30-14-10-18(11-15-30)23-22(20-6-5-7-21(16-20)32-4)17-28-24(29-23)19-8-12-27-13-9-19;1-26-18-4-2-3-17(13-18)19-14-24-21(16-7-11-23-12-8-16)25-20(19)15-5-9-22-10-6-15;1-5(2,3)4(6)7/h5-9,12-13,16-18H,10-11,14-15H2,1-4H3;2-4,7-8,11-15,22H,5-6,9-10H2,1H3;1-3H3. The Morgan fingerprint density at radius 1 is 0.615 bits per heavy atom. The van der Waals surface area contributed by atoms with Gasteiger partial charge in [0.2, 0.25) is 11.1 Å². The fourth-order valence-electron chi connectivity index (χ4n) is 7.64. The highest BCUT2D eigenvalue weighted by atomic mass is 35.5. The van der Waals surface area contributed by atoms with Crippen LogP contribution >= 0.6 is 11.6 Å². The van der Waals surface area contributed by atoms with Crippen LogP contribution in [0.2, 0.25) is 0 Å². The van der Waals surface area contributed by atoms with Gasteiger partial charge in [-0.3, -0.25) is 19.6 Å². The molecule has 0 atom stereocenters. The van der Waals surface area contributed by atoms with Crippen LogP contribution in [0.5, 0.6) is 11.5 Å². The molecule has 2 aliphatic rings. The molecule has 0 saturated carbocycles. The number of halogens is 1. The molecule has 2 fully saturated rings. The van der Waals surface area contributed by atoms with E-state index in [1.165, 1.54) is 0 Å². The molecule has 6 heterocycles. The number of likely N-dealkylation sites (tertiary alicyclic amines) is 1. The fraction of sp³-hybridized carbons (Fsp3) is 0.385. The van der Waals surface area contributed by atoms with Crippen molar-refractivity contribution in [2.75, 3.05) is 40.4 Å². The maximum Gasteiger partial charge on any atom is 0.227 e.